The van der Waals surface area contributed by atoms with Crippen molar-refractivity contribution in [2.45, 2.75) is 24.9 Å². The fourth-order valence-electron chi connectivity index (χ4n) is 2.20. The van der Waals surface area contributed by atoms with Crippen molar-refractivity contribution in [1.29, 1.82) is 0 Å². The second-order valence-electron chi connectivity index (χ2n) is 4.81. The molecule has 0 radical (unpaired) electrons. The Bertz CT molecular complexity index is 544. The number of aliphatic hydroxyl groups is 1. The molecule has 2 aromatic rings. The summed E-state index contributed by atoms with van der Waals surface area (Å²) in [5.74, 6) is 0.753. The lowest BCUT2D eigenvalue weighted by molar-refractivity contribution is -0.0202. The average molecular weight is 232 g/mol. The molecule has 0 atom stereocenters. The van der Waals surface area contributed by atoms with Crippen LogP contribution in [0.3, 0.4) is 0 Å². The Kier molecular flexibility index (Phi) is 2.29. The first kappa shape index (κ1) is 10.5. The third-order valence-corrected chi connectivity index (χ3v) is 3.51. The Morgan fingerprint density at radius 1 is 1.47 bits per heavy atom. The molecule has 2 aromatic heterocycles. The third-order valence-electron chi connectivity index (χ3n) is 3.51. The Labute approximate surface area is 99.5 Å². The molecule has 0 unspecified atom stereocenters. The van der Waals surface area contributed by atoms with Crippen molar-refractivity contribution in [3.8, 4) is 0 Å². The molecule has 17 heavy (non-hydrogen) atoms. The van der Waals surface area contributed by atoms with Gasteiger partial charge in [0, 0.05) is 19.8 Å². The van der Waals surface area contributed by atoms with Crippen molar-refractivity contribution < 1.29 is 5.11 Å². The molecule has 1 fully saturated rings. The molecule has 0 spiro atoms. The van der Waals surface area contributed by atoms with Gasteiger partial charge in [0.05, 0.1) is 17.4 Å². The van der Waals surface area contributed by atoms with Gasteiger partial charge in [-0.3, -0.25) is 0 Å². The van der Waals surface area contributed by atoms with Crippen LogP contribution in [0.15, 0.2) is 18.6 Å². The zero-order chi connectivity index (χ0) is 11.9. The van der Waals surface area contributed by atoms with Gasteiger partial charge in [-0.15, -0.1) is 0 Å². The van der Waals surface area contributed by atoms with Crippen molar-refractivity contribution >= 4 is 16.9 Å². The topological polar surface area (TPSA) is 63.0 Å². The normalized spacial score (nSPS) is 18.0. The summed E-state index contributed by atoms with van der Waals surface area (Å²) < 4.78 is 1.96. The zero-order valence-corrected chi connectivity index (χ0v) is 9.85. The summed E-state index contributed by atoms with van der Waals surface area (Å²) in [5.41, 5.74) is 1.36. The molecule has 5 nitrogen and oxygen atoms in total. The minimum atomic E-state index is -0.543. The van der Waals surface area contributed by atoms with Crippen LogP contribution in [0.2, 0.25) is 0 Å². The molecule has 5 heteroatoms. The molecule has 0 bridgehead atoms. The second kappa shape index (κ2) is 3.70. The molecular formula is C12H16N4O. The molecule has 90 valence electrons. The summed E-state index contributed by atoms with van der Waals surface area (Å²) in [6.45, 7) is 0.551. The Morgan fingerprint density at radius 2 is 2.29 bits per heavy atom. The highest BCUT2D eigenvalue weighted by Gasteiger charge is 2.34. The van der Waals surface area contributed by atoms with Crippen molar-refractivity contribution in [3.63, 3.8) is 0 Å². The van der Waals surface area contributed by atoms with Crippen molar-refractivity contribution in [2.75, 3.05) is 11.9 Å². The van der Waals surface area contributed by atoms with E-state index in [0.29, 0.717) is 6.54 Å². The monoisotopic (exact) mass is 232 g/mol. The fourth-order valence-corrected chi connectivity index (χ4v) is 2.20. The average Bonchev–Trinajstić information content (AvgIpc) is 2.67. The number of anilines is 1. The van der Waals surface area contributed by atoms with Gasteiger partial charge in [0.1, 0.15) is 5.52 Å². The number of aryl methyl sites for hydroxylation is 1. The zero-order valence-electron chi connectivity index (χ0n) is 9.85. The van der Waals surface area contributed by atoms with E-state index in [-0.39, 0.29) is 0 Å². The summed E-state index contributed by atoms with van der Waals surface area (Å²) in [4.78, 5) is 8.60. The van der Waals surface area contributed by atoms with E-state index < -0.39 is 5.60 Å². The number of pyridine rings is 1. The third kappa shape index (κ3) is 1.76. The molecule has 3 rings (SSSR count). The predicted molar refractivity (Wildman–Crippen MR) is 65.8 cm³/mol. The molecule has 1 aliphatic rings. The van der Waals surface area contributed by atoms with Crippen LogP contribution in [0, 0.1) is 0 Å². The van der Waals surface area contributed by atoms with Crippen LogP contribution in [0.4, 0.5) is 5.82 Å². The number of nitrogens with zero attached hydrogens (tertiary/aromatic N) is 3. The number of aromatic nitrogens is 3. The van der Waals surface area contributed by atoms with Crippen LogP contribution < -0.4 is 5.32 Å². The summed E-state index contributed by atoms with van der Waals surface area (Å²) >= 11 is 0. The summed E-state index contributed by atoms with van der Waals surface area (Å²) in [6, 6.07) is 1.94. The molecule has 1 saturated carbocycles. The van der Waals surface area contributed by atoms with Gasteiger partial charge in [0.2, 0.25) is 0 Å². The first-order chi connectivity index (χ1) is 8.18. The minimum Gasteiger partial charge on any atom is -0.388 e. The molecule has 0 aliphatic heterocycles. The molecule has 0 aromatic carbocycles. The first-order valence-corrected chi connectivity index (χ1v) is 5.90. The van der Waals surface area contributed by atoms with Crippen molar-refractivity contribution in [1.82, 2.24) is 14.5 Å². The maximum absolute atomic E-state index is 10.0. The minimum absolute atomic E-state index is 0.543. The standard InChI is InChI=1S/C12H16N4O/c1-16-8-15-10-9(16)3-6-13-11(10)14-7-12(17)4-2-5-12/h3,6,8,17H,2,4-5,7H2,1H3,(H,13,14). The van der Waals surface area contributed by atoms with E-state index in [1.165, 1.54) is 0 Å². The van der Waals surface area contributed by atoms with Gasteiger partial charge in [-0.2, -0.15) is 0 Å². The SMILES string of the molecule is Cn1cnc2c(NCC3(O)CCC3)nccc21. The maximum atomic E-state index is 10.0. The van der Waals surface area contributed by atoms with Crippen LogP contribution in [0.5, 0.6) is 0 Å². The van der Waals surface area contributed by atoms with Gasteiger partial charge >= 0.3 is 0 Å². The van der Waals surface area contributed by atoms with Gasteiger partial charge in [0.15, 0.2) is 5.82 Å². The maximum Gasteiger partial charge on any atom is 0.154 e. The molecule has 2 N–H and O–H groups in total. The van der Waals surface area contributed by atoms with E-state index in [1.807, 2.05) is 17.7 Å². The molecule has 0 amide bonds. The molecule has 0 saturated heterocycles. The lowest BCUT2D eigenvalue weighted by atomic mass is 9.80. The Balaban J connectivity index is 1.85. The van der Waals surface area contributed by atoms with E-state index in [4.69, 9.17) is 0 Å². The van der Waals surface area contributed by atoms with Crippen LogP contribution in [-0.2, 0) is 7.05 Å². The van der Waals surface area contributed by atoms with Crippen LogP contribution >= 0.6 is 0 Å². The summed E-state index contributed by atoms with van der Waals surface area (Å²) in [7, 11) is 1.96. The number of rotatable bonds is 3. The van der Waals surface area contributed by atoms with Gasteiger partial charge in [0.25, 0.3) is 0 Å². The number of hydrogen-bond donors (Lipinski definition) is 2. The van der Waals surface area contributed by atoms with Gasteiger partial charge in [-0.25, -0.2) is 9.97 Å². The van der Waals surface area contributed by atoms with E-state index >= 15 is 0 Å². The van der Waals surface area contributed by atoms with Crippen LogP contribution in [0.1, 0.15) is 19.3 Å². The highest BCUT2D eigenvalue weighted by Crippen LogP contribution is 2.32. The lowest BCUT2D eigenvalue weighted by Gasteiger charge is -2.36. The largest absolute Gasteiger partial charge is 0.388 e. The van der Waals surface area contributed by atoms with Crippen LogP contribution in [-0.4, -0.2) is 31.8 Å². The van der Waals surface area contributed by atoms with Crippen LogP contribution in [0.25, 0.3) is 11.0 Å². The van der Waals surface area contributed by atoms with Gasteiger partial charge in [-0.05, 0) is 25.3 Å². The molecular weight excluding hydrogens is 216 g/mol. The lowest BCUT2D eigenvalue weighted by Crippen LogP contribution is -2.43. The Hall–Kier alpha value is -1.62. The number of fused-ring (bicyclic) bond motifs is 1. The molecule has 1 aliphatic carbocycles. The van der Waals surface area contributed by atoms with E-state index in [0.717, 1.165) is 36.1 Å². The fraction of sp³-hybridized carbons (Fsp3) is 0.500. The number of nitrogens with one attached hydrogen (secondary N) is 1. The highest BCUT2D eigenvalue weighted by molar-refractivity contribution is 5.85. The van der Waals surface area contributed by atoms with Crippen molar-refractivity contribution in [2.24, 2.45) is 7.05 Å². The van der Waals surface area contributed by atoms with E-state index in [2.05, 4.69) is 15.3 Å². The quantitative estimate of drug-likeness (QED) is 0.837. The smallest absolute Gasteiger partial charge is 0.154 e. The highest BCUT2D eigenvalue weighted by atomic mass is 16.3. The van der Waals surface area contributed by atoms with E-state index in [1.54, 1.807) is 12.5 Å². The number of imidazole rings is 1. The molecule has 2 heterocycles. The summed E-state index contributed by atoms with van der Waals surface area (Å²) in [6.07, 6.45) is 6.39. The number of hydrogen-bond acceptors (Lipinski definition) is 4. The van der Waals surface area contributed by atoms with Crippen molar-refractivity contribution in [3.05, 3.63) is 18.6 Å². The first-order valence-electron chi connectivity index (χ1n) is 5.90. The second-order valence-corrected chi connectivity index (χ2v) is 4.81. The van der Waals surface area contributed by atoms with Gasteiger partial charge in [-0.1, -0.05) is 0 Å². The van der Waals surface area contributed by atoms with E-state index in [9.17, 15) is 5.11 Å². The summed E-state index contributed by atoms with van der Waals surface area (Å²) in [5, 5.41) is 13.2. The Morgan fingerprint density at radius 3 is 3.00 bits per heavy atom. The predicted octanol–water partition coefficient (Wildman–Crippen LogP) is 1.30. The van der Waals surface area contributed by atoms with Gasteiger partial charge < -0.3 is 15.0 Å².